The molecule has 2 N–H and O–H groups in total. The summed E-state index contributed by atoms with van der Waals surface area (Å²) >= 11 is 0. The third kappa shape index (κ3) is 2.15. The Balaban J connectivity index is 1.90. The number of amides is 1. The van der Waals surface area contributed by atoms with Gasteiger partial charge in [0.25, 0.3) is 0 Å². The highest BCUT2D eigenvalue weighted by atomic mass is 16.5. The van der Waals surface area contributed by atoms with Gasteiger partial charge in [0.2, 0.25) is 5.91 Å². The first-order valence-corrected chi connectivity index (χ1v) is 6.08. The Hall–Kier alpha value is -2.43. The van der Waals surface area contributed by atoms with E-state index in [1.165, 1.54) is 0 Å². The van der Waals surface area contributed by atoms with Crippen molar-refractivity contribution in [2.45, 2.75) is 0 Å². The number of methoxy groups -OCH3 is 1. The van der Waals surface area contributed by atoms with Crippen LogP contribution in [0, 0.1) is 0 Å². The molecule has 4 nitrogen and oxygen atoms in total. The molecule has 0 aliphatic carbocycles. The Bertz CT molecular complexity index is 613. The topological polar surface area (TPSA) is 50.4 Å². The van der Waals surface area contributed by atoms with Crippen LogP contribution in [0.25, 0.3) is 0 Å². The fraction of sp³-hybridized carbons (Fsp3) is 0.0714. The Morgan fingerprint density at radius 1 is 1.00 bits per heavy atom. The molecule has 0 atom stereocenters. The van der Waals surface area contributed by atoms with Crippen LogP contribution >= 0.6 is 0 Å². The number of anilines is 1. The molecule has 0 fully saturated rings. The first-order chi connectivity index (χ1) is 9.28. The second kappa shape index (κ2) is 4.68. The van der Waals surface area contributed by atoms with Crippen LogP contribution in [-0.2, 0) is 0 Å². The fourth-order valence-corrected chi connectivity index (χ4v) is 2.17. The van der Waals surface area contributed by atoms with E-state index < -0.39 is 0 Å². The number of fused-ring (bicyclic) bond motifs is 1. The minimum atomic E-state index is -0.215. The molecule has 0 saturated carbocycles. The molecule has 0 unspecified atom stereocenters. The van der Waals surface area contributed by atoms with Gasteiger partial charge in [0, 0.05) is 5.69 Å². The van der Waals surface area contributed by atoms with Crippen molar-refractivity contribution in [2.24, 2.45) is 0 Å². The van der Waals surface area contributed by atoms with E-state index >= 15 is 0 Å². The van der Waals surface area contributed by atoms with Gasteiger partial charge < -0.3 is 15.2 Å². The summed E-state index contributed by atoms with van der Waals surface area (Å²) in [6.45, 7) is -0.215. The Labute approximate surface area is 111 Å². The van der Waals surface area contributed by atoms with Crippen molar-refractivity contribution >= 4 is 24.0 Å². The number of benzene rings is 2. The summed E-state index contributed by atoms with van der Waals surface area (Å²) in [5, 5.41) is 6.24. The highest BCUT2D eigenvalue weighted by Gasteiger charge is 2.28. The summed E-state index contributed by atoms with van der Waals surface area (Å²) in [6.07, 6.45) is 0. The van der Waals surface area contributed by atoms with E-state index in [0.717, 1.165) is 16.9 Å². The van der Waals surface area contributed by atoms with Gasteiger partial charge in [-0.3, -0.25) is 4.79 Å². The maximum absolute atomic E-state index is 12.0. The van der Waals surface area contributed by atoms with Crippen molar-refractivity contribution in [3.05, 3.63) is 54.1 Å². The lowest BCUT2D eigenvalue weighted by Crippen LogP contribution is -2.56. The number of para-hydroxylation sites is 1. The third-order valence-electron chi connectivity index (χ3n) is 3.20. The highest BCUT2D eigenvalue weighted by molar-refractivity contribution is 6.77. The van der Waals surface area contributed by atoms with E-state index in [1.807, 2.05) is 48.5 Å². The molecule has 0 spiro atoms. The maximum atomic E-state index is 12.0. The molecule has 1 aliphatic heterocycles. The van der Waals surface area contributed by atoms with Crippen LogP contribution < -0.4 is 20.7 Å². The molecule has 2 aromatic carbocycles. The van der Waals surface area contributed by atoms with E-state index in [0.29, 0.717) is 5.56 Å². The Morgan fingerprint density at radius 3 is 2.47 bits per heavy atom. The molecule has 0 radical (unpaired) electrons. The van der Waals surface area contributed by atoms with Crippen molar-refractivity contribution in [1.29, 1.82) is 0 Å². The molecule has 0 saturated heterocycles. The zero-order chi connectivity index (χ0) is 13.2. The zero-order valence-electron chi connectivity index (χ0n) is 10.5. The van der Waals surface area contributed by atoms with Crippen LogP contribution in [-0.4, -0.2) is 20.0 Å². The summed E-state index contributed by atoms with van der Waals surface area (Å²) in [6, 6.07) is 15.1. The highest BCUT2D eigenvalue weighted by Crippen LogP contribution is 2.18. The molecular weight excluding hydrogens is 239 g/mol. The van der Waals surface area contributed by atoms with Crippen LogP contribution in [0.1, 0.15) is 10.4 Å². The zero-order valence-corrected chi connectivity index (χ0v) is 10.5. The van der Waals surface area contributed by atoms with Gasteiger partial charge in [0.05, 0.1) is 12.7 Å². The summed E-state index contributed by atoms with van der Waals surface area (Å²) in [5.41, 5.74) is 2.52. The van der Waals surface area contributed by atoms with E-state index in [4.69, 9.17) is 4.74 Å². The van der Waals surface area contributed by atoms with Gasteiger partial charge in [-0.1, -0.05) is 24.3 Å². The standard InChI is InChI=1S/C14H13BN2O2/c1-19-11-8-6-10(7-9-11)15-16-13-5-3-2-4-12(13)14(18)17-15/h2-9,16H,1H3,(H,17,18). The lowest BCUT2D eigenvalue weighted by atomic mass is 9.66. The summed E-state index contributed by atoms with van der Waals surface area (Å²) in [4.78, 5) is 12.0. The van der Waals surface area contributed by atoms with Gasteiger partial charge in [0.1, 0.15) is 5.75 Å². The average Bonchev–Trinajstić information content (AvgIpc) is 2.47. The molecule has 0 bridgehead atoms. The number of rotatable bonds is 2. The van der Waals surface area contributed by atoms with Crippen molar-refractivity contribution < 1.29 is 9.53 Å². The predicted molar refractivity (Wildman–Crippen MR) is 75.9 cm³/mol. The normalized spacial score (nSPS) is 13.3. The number of carbonyl (C=O) groups is 1. The second-order valence-corrected chi connectivity index (χ2v) is 4.37. The molecule has 2 aromatic rings. The lowest BCUT2D eigenvalue weighted by molar-refractivity contribution is 0.0979. The van der Waals surface area contributed by atoms with Gasteiger partial charge in [0.15, 0.2) is 0 Å². The summed E-state index contributed by atoms with van der Waals surface area (Å²) in [7, 11) is 1.63. The Morgan fingerprint density at radius 2 is 1.74 bits per heavy atom. The van der Waals surface area contributed by atoms with Crippen molar-refractivity contribution in [3.8, 4) is 5.75 Å². The van der Waals surface area contributed by atoms with Crippen molar-refractivity contribution in [3.63, 3.8) is 0 Å². The van der Waals surface area contributed by atoms with Gasteiger partial charge >= 0.3 is 6.98 Å². The minimum Gasteiger partial charge on any atom is -0.497 e. The van der Waals surface area contributed by atoms with Gasteiger partial charge in [-0.25, -0.2) is 0 Å². The third-order valence-corrected chi connectivity index (χ3v) is 3.20. The molecular formula is C14H13BN2O2. The number of nitrogens with one attached hydrogen (secondary N) is 2. The lowest BCUT2D eigenvalue weighted by Gasteiger charge is -2.24. The molecule has 3 rings (SSSR count). The number of hydrogen-bond donors (Lipinski definition) is 2. The monoisotopic (exact) mass is 252 g/mol. The van der Waals surface area contributed by atoms with Gasteiger partial charge in [-0.05, 0) is 29.7 Å². The summed E-state index contributed by atoms with van der Waals surface area (Å²) in [5.74, 6) is 0.737. The first-order valence-electron chi connectivity index (χ1n) is 6.08. The molecule has 0 aromatic heterocycles. The molecule has 1 amide bonds. The smallest absolute Gasteiger partial charge is 0.408 e. The second-order valence-electron chi connectivity index (χ2n) is 4.37. The largest absolute Gasteiger partial charge is 0.497 e. The predicted octanol–water partition coefficient (Wildman–Crippen LogP) is 1.25. The van der Waals surface area contributed by atoms with Gasteiger partial charge in [-0.15, -0.1) is 0 Å². The minimum absolute atomic E-state index is 0.0600. The van der Waals surface area contributed by atoms with Crippen LogP contribution in [0.2, 0.25) is 0 Å². The number of ether oxygens (including phenoxy) is 1. The Kier molecular flexibility index (Phi) is 2.87. The molecule has 19 heavy (non-hydrogen) atoms. The number of hydrogen-bond acceptors (Lipinski definition) is 3. The van der Waals surface area contributed by atoms with Crippen LogP contribution in [0.3, 0.4) is 0 Å². The van der Waals surface area contributed by atoms with E-state index in [9.17, 15) is 4.79 Å². The van der Waals surface area contributed by atoms with E-state index in [-0.39, 0.29) is 12.9 Å². The van der Waals surface area contributed by atoms with Crippen LogP contribution in [0.5, 0.6) is 5.75 Å². The van der Waals surface area contributed by atoms with Crippen LogP contribution in [0.15, 0.2) is 48.5 Å². The van der Waals surface area contributed by atoms with Crippen molar-refractivity contribution in [2.75, 3.05) is 12.3 Å². The SMILES string of the molecule is COc1ccc(B2NC(=O)c3ccccc3N2)cc1. The molecule has 94 valence electrons. The average molecular weight is 252 g/mol. The maximum Gasteiger partial charge on any atom is 0.408 e. The van der Waals surface area contributed by atoms with Gasteiger partial charge in [-0.2, -0.15) is 0 Å². The number of carbonyl (C=O) groups excluding carboxylic acids is 1. The van der Waals surface area contributed by atoms with Crippen LogP contribution in [0.4, 0.5) is 5.69 Å². The molecule has 1 aliphatic rings. The van der Waals surface area contributed by atoms with E-state index in [2.05, 4.69) is 10.5 Å². The van der Waals surface area contributed by atoms with Crippen molar-refractivity contribution in [1.82, 2.24) is 5.23 Å². The van der Waals surface area contributed by atoms with E-state index in [1.54, 1.807) is 7.11 Å². The molecule has 5 heteroatoms. The quantitative estimate of drug-likeness (QED) is 0.791. The molecule has 1 heterocycles. The fourth-order valence-electron chi connectivity index (χ4n) is 2.17. The first kappa shape index (κ1) is 11.7. The summed E-state index contributed by atoms with van der Waals surface area (Å²) < 4.78 is 5.13.